The summed E-state index contributed by atoms with van der Waals surface area (Å²) >= 11 is 18.0. The van der Waals surface area contributed by atoms with Crippen molar-refractivity contribution in [3.05, 3.63) is 26.7 Å². The molecular formula is C18H21Cl3O6. The molecule has 1 aromatic carbocycles. The quantitative estimate of drug-likeness (QED) is 0.257. The van der Waals surface area contributed by atoms with E-state index >= 15 is 0 Å². The van der Waals surface area contributed by atoms with E-state index in [9.17, 15) is 14.4 Å². The molecule has 0 fully saturated rings. The van der Waals surface area contributed by atoms with Gasteiger partial charge in [-0.05, 0) is 24.3 Å². The fraction of sp³-hybridized carbons (Fsp3) is 0.500. The molecule has 27 heavy (non-hydrogen) atoms. The summed E-state index contributed by atoms with van der Waals surface area (Å²) in [5.74, 6) is -4.40. The number of carboxylic acid groups (broad SMARTS) is 1. The first kappa shape index (κ1) is 23.5. The molecule has 0 aromatic heterocycles. The Balaban J connectivity index is 3.17. The Morgan fingerprint density at radius 2 is 1.78 bits per heavy atom. The Kier molecular flexibility index (Phi) is 9.36. The maximum Gasteiger partial charge on any atom is 0.422 e. The molecule has 0 aliphatic rings. The fourth-order valence-electron chi connectivity index (χ4n) is 2.49. The van der Waals surface area contributed by atoms with Gasteiger partial charge in [0.1, 0.15) is 5.56 Å². The highest BCUT2D eigenvalue weighted by atomic mass is 35.5. The van der Waals surface area contributed by atoms with Gasteiger partial charge >= 0.3 is 17.9 Å². The monoisotopic (exact) mass is 438 g/mol. The molecule has 0 heterocycles. The Morgan fingerprint density at radius 3 is 2.30 bits per heavy atom. The third-order valence-electron chi connectivity index (χ3n) is 4.24. The number of esters is 2. The van der Waals surface area contributed by atoms with E-state index in [-0.39, 0.29) is 33.2 Å². The van der Waals surface area contributed by atoms with Crippen LogP contribution in [-0.4, -0.2) is 29.6 Å². The SMILES string of the molecule is CCCC(COC(=O)c1c(Cl)c(Cl)cc(Cl)c1OC(=O)C(=O)O)C(C)CC. The van der Waals surface area contributed by atoms with Gasteiger partial charge in [0.25, 0.3) is 0 Å². The van der Waals surface area contributed by atoms with Crippen molar-refractivity contribution in [1.29, 1.82) is 0 Å². The van der Waals surface area contributed by atoms with Crippen molar-refractivity contribution in [3.63, 3.8) is 0 Å². The van der Waals surface area contributed by atoms with Gasteiger partial charge in [-0.2, -0.15) is 0 Å². The Hall–Kier alpha value is -1.50. The number of hydrogen-bond donors (Lipinski definition) is 1. The number of halogens is 3. The van der Waals surface area contributed by atoms with Gasteiger partial charge in [-0.15, -0.1) is 0 Å². The smallest absolute Gasteiger partial charge is 0.422 e. The van der Waals surface area contributed by atoms with E-state index in [0.717, 1.165) is 25.3 Å². The van der Waals surface area contributed by atoms with Crippen molar-refractivity contribution in [1.82, 2.24) is 0 Å². The van der Waals surface area contributed by atoms with Crippen LogP contribution in [0.25, 0.3) is 0 Å². The highest BCUT2D eigenvalue weighted by Gasteiger charge is 2.28. The average molecular weight is 440 g/mol. The number of hydrogen-bond acceptors (Lipinski definition) is 5. The van der Waals surface area contributed by atoms with Crippen LogP contribution >= 0.6 is 34.8 Å². The number of ether oxygens (including phenoxy) is 2. The Morgan fingerprint density at radius 1 is 1.15 bits per heavy atom. The van der Waals surface area contributed by atoms with Gasteiger partial charge in [0, 0.05) is 0 Å². The summed E-state index contributed by atoms with van der Waals surface area (Å²) in [6.45, 7) is 6.28. The Labute approximate surface area is 172 Å². The number of rotatable bonds is 8. The van der Waals surface area contributed by atoms with Crippen LogP contribution in [0.1, 0.15) is 50.4 Å². The first-order valence-electron chi connectivity index (χ1n) is 8.43. The third-order valence-corrected chi connectivity index (χ3v) is 5.30. The van der Waals surface area contributed by atoms with Crippen molar-refractivity contribution in [3.8, 4) is 5.75 Å². The first-order chi connectivity index (χ1) is 12.6. The normalized spacial score (nSPS) is 13.0. The van der Waals surface area contributed by atoms with Crippen molar-refractivity contribution in [2.75, 3.05) is 6.61 Å². The Bertz CT molecular complexity index is 720. The van der Waals surface area contributed by atoms with Crippen LogP contribution in [0, 0.1) is 11.8 Å². The summed E-state index contributed by atoms with van der Waals surface area (Å²) in [5.41, 5.74) is -0.386. The molecule has 1 aromatic rings. The summed E-state index contributed by atoms with van der Waals surface area (Å²) in [5, 5.41) is 8.18. The van der Waals surface area contributed by atoms with Gasteiger partial charge in [0.2, 0.25) is 0 Å². The predicted molar refractivity (Wildman–Crippen MR) is 103 cm³/mol. The summed E-state index contributed by atoms with van der Waals surface area (Å²) in [4.78, 5) is 34.8. The number of carbonyl (C=O) groups excluding carboxylic acids is 2. The lowest BCUT2D eigenvalue weighted by atomic mass is 9.89. The zero-order valence-electron chi connectivity index (χ0n) is 15.2. The molecule has 0 aliphatic heterocycles. The second kappa shape index (κ2) is 10.7. The molecule has 0 bridgehead atoms. The third kappa shape index (κ3) is 6.26. The maximum absolute atomic E-state index is 12.6. The zero-order valence-corrected chi connectivity index (χ0v) is 17.5. The van der Waals surface area contributed by atoms with Crippen molar-refractivity contribution in [2.45, 2.75) is 40.0 Å². The van der Waals surface area contributed by atoms with Crippen LogP contribution in [0.5, 0.6) is 5.75 Å². The van der Waals surface area contributed by atoms with E-state index < -0.39 is 23.7 Å². The molecule has 2 unspecified atom stereocenters. The minimum Gasteiger partial charge on any atom is -0.473 e. The number of carboxylic acids is 1. The van der Waals surface area contributed by atoms with Gasteiger partial charge in [-0.3, -0.25) is 0 Å². The molecule has 0 amide bonds. The molecule has 0 aliphatic carbocycles. The van der Waals surface area contributed by atoms with Gasteiger partial charge < -0.3 is 14.6 Å². The number of benzene rings is 1. The molecule has 0 radical (unpaired) electrons. The molecule has 0 saturated heterocycles. The molecule has 1 N–H and O–H groups in total. The standard InChI is InChI=1S/C18H21Cl3O6/c1-4-6-10(9(3)5-2)8-26-17(24)13-14(21)11(19)7-12(20)15(13)27-18(25)16(22)23/h7,9-10H,4-6,8H2,1-3H3,(H,22,23). The molecule has 6 nitrogen and oxygen atoms in total. The van der Waals surface area contributed by atoms with Gasteiger partial charge in [0.15, 0.2) is 5.75 Å². The highest BCUT2D eigenvalue weighted by Crippen LogP contribution is 2.40. The van der Waals surface area contributed by atoms with Gasteiger partial charge in [-0.25, -0.2) is 14.4 Å². The lowest BCUT2D eigenvalue weighted by Gasteiger charge is -2.22. The van der Waals surface area contributed by atoms with Crippen LogP contribution in [-0.2, 0) is 14.3 Å². The minimum atomic E-state index is -1.85. The van der Waals surface area contributed by atoms with Crippen LogP contribution in [0.4, 0.5) is 0 Å². The van der Waals surface area contributed by atoms with Gasteiger partial charge in [-0.1, -0.05) is 68.4 Å². The molecule has 2 atom stereocenters. The topological polar surface area (TPSA) is 89.9 Å². The van der Waals surface area contributed by atoms with Crippen molar-refractivity contribution >= 4 is 52.7 Å². The predicted octanol–water partition coefficient (Wildman–Crippen LogP) is 5.26. The highest BCUT2D eigenvalue weighted by molar-refractivity contribution is 6.46. The number of carbonyl (C=O) groups is 3. The summed E-state index contributed by atoms with van der Waals surface area (Å²) in [6.07, 6.45) is 2.72. The molecule has 9 heteroatoms. The van der Waals surface area contributed by atoms with Crippen molar-refractivity contribution in [2.24, 2.45) is 11.8 Å². The maximum atomic E-state index is 12.6. The van der Waals surface area contributed by atoms with E-state index in [0.29, 0.717) is 5.92 Å². The first-order valence-corrected chi connectivity index (χ1v) is 9.56. The van der Waals surface area contributed by atoms with Crippen LogP contribution in [0.3, 0.4) is 0 Å². The second-order valence-corrected chi connectivity index (χ2v) is 7.28. The van der Waals surface area contributed by atoms with E-state index in [1.165, 1.54) is 0 Å². The minimum absolute atomic E-state index is 0.0595. The summed E-state index contributed by atoms with van der Waals surface area (Å²) in [6, 6.07) is 1.14. The van der Waals surface area contributed by atoms with E-state index in [4.69, 9.17) is 49.4 Å². The van der Waals surface area contributed by atoms with E-state index in [2.05, 4.69) is 6.92 Å². The molecule has 0 saturated carbocycles. The lowest BCUT2D eigenvalue weighted by molar-refractivity contribution is -0.158. The largest absolute Gasteiger partial charge is 0.473 e. The molecule has 150 valence electrons. The van der Waals surface area contributed by atoms with Gasteiger partial charge in [0.05, 0.1) is 21.7 Å². The van der Waals surface area contributed by atoms with Crippen LogP contribution < -0.4 is 4.74 Å². The summed E-state index contributed by atoms with van der Waals surface area (Å²) in [7, 11) is 0. The zero-order chi connectivity index (χ0) is 20.7. The van der Waals surface area contributed by atoms with E-state index in [1.54, 1.807) is 0 Å². The van der Waals surface area contributed by atoms with Crippen molar-refractivity contribution < 1.29 is 29.0 Å². The lowest BCUT2D eigenvalue weighted by Crippen LogP contribution is -2.23. The van der Waals surface area contributed by atoms with Crippen LogP contribution in [0.2, 0.25) is 15.1 Å². The molecule has 0 spiro atoms. The molecular weight excluding hydrogens is 419 g/mol. The number of aliphatic carboxylic acids is 1. The van der Waals surface area contributed by atoms with E-state index in [1.807, 2.05) is 13.8 Å². The second-order valence-electron chi connectivity index (χ2n) is 6.09. The average Bonchev–Trinajstić information content (AvgIpc) is 2.62. The molecule has 1 rings (SSSR count). The fourth-order valence-corrected chi connectivity index (χ4v) is 3.21. The van der Waals surface area contributed by atoms with Crippen LogP contribution in [0.15, 0.2) is 6.07 Å². The summed E-state index contributed by atoms with van der Waals surface area (Å²) < 4.78 is 10.1.